The molecule has 2 aliphatic rings. The van der Waals surface area contributed by atoms with Crippen molar-refractivity contribution in [1.29, 1.82) is 0 Å². The largest absolute Gasteiger partial charge is 0.349 e. The molecule has 3 rings (SSSR count). The molecule has 1 aliphatic heterocycles. The fraction of sp³-hybridized carbons (Fsp3) is 0.357. The van der Waals surface area contributed by atoms with E-state index in [9.17, 15) is 0 Å². The Bertz CT molecular complexity index is 737. The molecule has 0 spiro atoms. The molecule has 1 aromatic rings. The summed E-state index contributed by atoms with van der Waals surface area (Å²) < 4.78 is 0. The lowest BCUT2D eigenvalue weighted by atomic mass is 10.2. The molecule has 0 fully saturated rings. The van der Waals surface area contributed by atoms with E-state index in [0.717, 1.165) is 39.9 Å². The van der Waals surface area contributed by atoms with Crippen molar-refractivity contribution in [2.75, 3.05) is 38.0 Å². The van der Waals surface area contributed by atoms with Gasteiger partial charge in [-0.1, -0.05) is 0 Å². The van der Waals surface area contributed by atoms with Crippen molar-refractivity contribution in [3.05, 3.63) is 17.7 Å². The van der Waals surface area contributed by atoms with Crippen molar-refractivity contribution in [3.63, 3.8) is 0 Å². The van der Waals surface area contributed by atoms with Crippen LogP contribution in [-0.2, 0) is 0 Å². The predicted octanol–water partition coefficient (Wildman–Crippen LogP) is 1.90. The first kappa shape index (κ1) is 12.7. The van der Waals surface area contributed by atoms with Crippen molar-refractivity contribution >= 4 is 22.9 Å². The average molecular weight is 270 g/mol. The van der Waals surface area contributed by atoms with Crippen LogP contribution in [0.2, 0.25) is 0 Å². The fourth-order valence-corrected chi connectivity index (χ4v) is 2.20. The minimum atomic E-state index is 0.728. The molecule has 0 amide bonds. The Balaban J connectivity index is 2.31. The highest BCUT2D eigenvalue weighted by Gasteiger charge is 2.17. The first-order chi connectivity index (χ1) is 9.47. The monoisotopic (exact) mass is 270 g/mol. The Hall–Kier alpha value is -2.37. The van der Waals surface area contributed by atoms with E-state index in [-0.39, 0.29) is 0 Å². The number of aromatic nitrogens is 4. The molecule has 0 bridgehead atoms. The molecule has 6 heteroatoms. The molecule has 0 saturated heterocycles. The Morgan fingerprint density at radius 3 is 2.35 bits per heavy atom. The van der Waals surface area contributed by atoms with Gasteiger partial charge in [-0.2, -0.15) is 0 Å². The normalized spacial score (nSPS) is 11.2. The molecule has 1 aliphatic carbocycles. The SMILES string of the molecule is Cc1c2nc(N(C)C)nc-2ccc2[nH]c(N(C)C)nc12. The Labute approximate surface area is 117 Å². The lowest BCUT2D eigenvalue weighted by Gasteiger charge is -2.05. The first-order valence-corrected chi connectivity index (χ1v) is 6.49. The second-order valence-electron chi connectivity index (χ2n) is 5.33. The topological polar surface area (TPSA) is 60.9 Å². The van der Waals surface area contributed by atoms with Crippen LogP contribution in [-0.4, -0.2) is 48.1 Å². The summed E-state index contributed by atoms with van der Waals surface area (Å²) >= 11 is 0. The van der Waals surface area contributed by atoms with Crippen LogP contribution < -0.4 is 9.80 Å². The molecule has 1 N–H and O–H groups in total. The van der Waals surface area contributed by atoms with Crippen LogP contribution >= 0.6 is 0 Å². The first-order valence-electron chi connectivity index (χ1n) is 6.49. The van der Waals surface area contributed by atoms with Gasteiger partial charge in [-0.05, 0) is 19.1 Å². The number of fused-ring (bicyclic) bond motifs is 2. The third-order valence-electron chi connectivity index (χ3n) is 3.34. The zero-order chi connectivity index (χ0) is 14.4. The van der Waals surface area contributed by atoms with Gasteiger partial charge >= 0.3 is 0 Å². The van der Waals surface area contributed by atoms with E-state index in [0.29, 0.717) is 0 Å². The molecule has 0 saturated carbocycles. The highest BCUT2D eigenvalue weighted by atomic mass is 15.2. The summed E-state index contributed by atoms with van der Waals surface area (Å²) in [6.07, 6.45) is 0. The smallest absolute Gasteiger partial charge is 0.226 e. The molecule has 0 atom stereocenters. The van der Waals surface area contributed by atoms with Gasteiger partial charge in [-0.25, -0.2) is 15.0 Å². The number of hydrogen-bond donors (Lipinski definition) is 1. The van der Waals surface area contributed by atoms with E-state index in [1.807, 2.05) is 57.0 Å². The maximum atomic E-state index is 4.64. The molecule has 104 valence electrons. The van der Waals surface area contributed by atoms with Crippen LogP contribution in [0.25, 0.3) is 22.4 Å². The number of rotatable bonds is 2. The standard InChI is InChI=1S/C14H18N6/c1-8-11-9(15-13(17-11)19(2)3)6-7-10-12(8)18-14(16-10)20(4)5/h6-7H,1-5H3,(H,15,17). The summed E-state index contributed by atoms with van der Waals surface area (Å²) in [4.78, 5) is 21.0. The van der Waals surface area contributed by atoms with Gasteiger partial charge in [-0.15, -0.1) is 0 Å². The molecular weight excluding hydrogens is 252 g/mol. The van der Waals surface area contributed by atoms with Crippen LogP contribution in [0.4, 0.5) is 11.9 Å². The van der Waals surface area contributed by atoms with Crippen LogP contribution in [0.15, 0.2) is 12.1 Å². The number of hydrogen-bond acceptors (Lipinski definition) is 5. The van der Waals surface area contributed by atoms with Gasteiger partial charge in [0.25, 0.3) is 0 Å². The van der Waals surface area contributed by atoms with E-state index >= 15 is 0 Å². The van der Waals surface area contributed by atoms with Crippen LogP contribution in [0, 0.1) is 6.92 Å². The number of imidazole rings is 2. The summed E-state index contributed by atoms with van der Waals surface area (Å²) in [5, 5.41) is 0. The number of anilines is 2. The van der Waals surface area contributed by atoms with Gasteiger partial charge in [0, 0.05) is 33.8 Å². The van der Waals surface area contributed by atoms with E-state index in [1.165, 1.54) is 0 Å². The summed E-state index contributed by atoms with van der Waals surface area (Å²) in [7, 11) is 7.82. The van der Waals surface area contributed by atoms with Gasteiger partial charge < -0.3 is 14.8 Å². The second-order valence-corrected chi connectivity index (χ2v) is 5.33. The second kappa shape index (κ2) is 4.33. The lowest BCUT2D eigenvalue weighted by Crippen LogP contribution is -2.10. The average Bonchev–Trinajstić information content (AvgIpc) is 2.97. The van der Waals surface area contributed by atoms with E-state index < -0.39 is 0 Å². The van der Waals surface area contributed by atoms with Crippen LogP contribution in [0.1, 0.15) is 5.56 Å². The van der Waals surface area contributed by atoms with E-state index in [2.05, 4.69) is 19.9 Å². The third kappa shape index (κ3) is 1.84. The van der Waals surface area contributed by atoms with Crippen LogP contribution in [0.5, 0.6) is 0 Å². The van der Waals surface area contributed by atoms with Gasteiger partial charge in [-0.3, -0.25) is 0 Å². The number of aromatic amines is 1. The Morgan fingerprint density at radius 2 is 1.70 bits per heavy atom. The molecule has 2 heterocycles. The third-order valence-corrected chi connectivity index (χ3v) is 3.34. The summed E-state index contributed by atoms with van der Waals surface area (Å²) in [6, 6.07) is 4.00. The van der Waals surface area contributed by atoms with Crippen molar-refractivity contribution in [2.45, 2.75) is 6.92 Å². The lowest BCUT2D eigenvalue weighted by molar-refractivity contribution is 1.04. The van der Waals surface area contributed by atoms with Gasteiger partial charge in [0.2, 0.25) is 11.9 Å². The van der Waals surface area contributed by atoms with Gasteiger partial charge in [0.1, 0.15) is 0 Å². The summed E-state index contributed by atoms with van der Waals surface area (Å²) in [5.74, 6) is 1.57. The summed E-state index contributed by atoms with van der Waals surface area (Å²) in [5.41, 5.74) is 4.78. The molecule has 6 nitrogen and oxygen atoms in total. The highest BCUT2D eigenvalue weighted by molar-refractivity contribution is 5.86. The number of nitrogens with one attached hydrogen (secondary N) is 1. The maximum absolute atomic E-state index is 4.64. The van der Waals surface area contributed by atoms with E-state index in [1.54, 1.807) is 0 Å². The highest BCUT2D eigenvalue weighted by Crippen LogP contribution is 2.29. The number of aryl methyl sites for hydroxylation is 1. The molecule has 0 radical (unpaired) electrons. The van der Waals surface area contributed by atoms with E-state index in [4.69, 9.17) is 0 Å². The zero-order valence-corrected chi connectivity index (χ0v) is 12.4. The number of H-pyrrole nitrogens is 1. The van der Waals surface area contributed by atoms with Crippen molar-refractivity contribution in [1.82, 2.24) is 19.9 Å². The Morgan fingerprint density at radius 1 is 0.950 bits per heavy atom. The quantitative estimate of drug-likeness (QED) is 0.770. The fourth-order valence-electron chi connectivity index (χ4n) is 2.20. The molecular formula is C14H18N6. The molecule has 20 heavy (non-hydrogen) atoms. The van der Waals surface area contributed by atoms with Crippen molar-refractivity contribution in [3.8, 4) is 11.4 Å². The zero-order valence-electron chi connectivity index (χ0n) is 12.4. The number of nitrogens with zero attached hydrogens (tertiary/aromatic N) is 5. The minimum Gasteiger partial charge on any atom is -0.349 e. The predicted molar refractivity (Wildman–Crippen MR) is 81.7 cm³/mol. The molecule has 1 aromatic heterocycles. The minimum absolute atomic E-state index is 0.728. The maximum Gasteiger partial charge on any atom is 0.226 e. The van der Waals surface area contributed by atoms with Crippen LogP contribution in [0.3, 0.4) is 0 Å². The van der Waals surface area contributed by atoms with Gasteiger partial charge in [0.05, 0.1) is 22.4 Å². The molecule has 0 unspecified atom stereocenters. The van der Waals surface area contributed by atoms with Gasteiger partial charge in [0.15, 0.2) is 0 Å². The molecule has 0 aromatic carbocycles. The van der Waals surface area contributed by atoms with Crippen molar-refractivity contribution < 1.29 is 0 Å². The summed E-state index contributed by atoms with van der Waals surface area (Å²) in [6.45, 7) is 2.04. The Kier molecular flexibility index (Phi) is 2.74. The van der Waals surface area contributed by atoms with Crippen molar-refractivity contribution in [2.24, 2.45) is 0 Å².